The SMILES string of the molecule is CN(C(=O)c1cc2ccccc2oc1=O)C(C)(C)CO. The summed E-state index contributed by atoms with van der Waals surface area (Å²) in [6.07, 6.45) is 0. The number of para-hydroxylation sites is 1. The number of fused-ring (bicyclic) bond motifs is 1. The van der Waals surface area contributed by atoms with Crippen LogP contribution in [0.2, 0.25) is 0 Å². The maximum absolute atomic E-state index is 12.4. The second-order valence-corrected chi connectivity index (χ2v) is 5.32. The largest absolute Gasteiger partial charge is 0.422 e. The molecule has 0 spiro atoms. The lowest BCUT2D eigenvalue weighted by Gasteiger charge is -2.33. The van der Waals surface area contributed by atoms with Gasteiger partial charge in [-0.3, -0.25) is 4.79 Å². The molecule has 2 rings (SSSR count). The van der Waals surface area contributed by atoms with E-state index >= 15 is 0 Å². The van der Waals surface area contributed by atoms with Crippen LogP contribution >= 0.6 is 0 Å². The summed E-state index contributed by atoms with van der Waals surface area (Å²) in [5.74, 6) is -0.469. The van der Waals surface area contributed by atoms with Crippen molar-refractivity contribution in [3.8, 4) is 0 Å². The summed E-state index contributed by atoms with van der Waals surface area (Å²) in [5.41, 5.74) is -1.02. The number of aliphatic hydroxyl groups excluding tert-OH is 1. The lowest BCUT2D eigenvalue weighted by molar-refractivity contribution is 0.0469. The Morgan fingerprint density at radius 1 is 1.35 bits per heavy atom. The smallest absolute Gasteiger partial charge is 0.349 e. The van der Waals surface area contributed by atoms with Crippen LogP contribution in [0.5, 0.6) is 0 Å². The van der Waals surface area contributed by atoms with Crippen LogP contribution in [0.25, 0.3) is 11.0 Å². The number of rotatable bonds is 3. The molecule has 1 heterocycles. The molecule has 0 aliphatic heterocycles. The van der Waals surface area contributed by atoms with E-state index in [1.54, 1.807) is 45.2 Å². The summed E-state index contributed by atoms with van der Waals surface area (Å²) in [7, 11) is 1.55. The molecule has 0 saturated carbocycles. The van der Waals surface area contributed by atoms with Crippen molar-refractivity contribution in [3.63, 3.8) is 0 Å². The first-order valence-electron chi connectivity index (χ1n) is 6.29. The lowest BCUT2D eigenvalue weighted by Crippen LogP contribution is -2.48. The fraction of sp³-hybridized carbons (Fsp3) is 0.333. The van der Waals surface area contributed by atoms with Gasteiger partial charge in [0.05, 0.1) is 12.1 Å². The normalized spacial score (nSPS) is 11.6. The van der Waals surface area contributed by atoms with E-state index in [2.05, 4.69) is 0 Å². The van der Waals surface area contributed by atoms with Crippen molar-refractivity contribution in [2.45, 2.75) is 19.4 Å². The minimum atomic E-state index is -0.755. The molecule has 1 aromatic carbocycles. The van der Waals surface area contributed by atoms with Crippen molar-refractivity contribution < 1.29 is 14.3 Å². The Hall–Kier alpha value is -2.14. The molecule has 2 aromatic rings. The maximum Gasteiger partial charge on any atom is 0.349 e. The second kappa shape index (κ2) is 5.09. The Morgan fingerprint density at radius 3 is 2.65 bits per heavy atom. The van der Waals surface area contributed by atoms with Crippen molar-refractivity contribution in [1.29, 1.82) is 0 Å². The number of amides is 1. The fourth-order valence-electron chi connectivity index (χ4n) is 1.77. The van der Waals surface area contributed by atoms with E-state index in [1.165, 1.54) is 11.0 Å². The molecule has 1 N–H and O–H groups in total. The van der Waals surface area contributed by atoms with Crippen LogP contribution in [-0.2, 0) is 0 Å². The van der Waals surface area contributed by atoms with Gasteiger partial charge in [0.15, 0.2) is 0 Å². The molecule has 0 aliphatic carbocycles. The molecule has 0 fully saturated rings. The van der Waals surface area contributed by atoms with Crippen LogP contribution in [0.15, 0.2) is 39.5 Å². The third-order valence-corrected chi connectivity index (χ3v) is 3.47. The first-order valence-corrected chi connectivity index (χ1v) is 6.29. The second-order valence-electron chi connectivity index (χ2n) is 5.32. The molecule has 1 amide bonds. The Kier molecular flexibility index (Phi) is 3.63. The van der Waals surface area contributed by atoms with Crippen molar-refractivity contribution in [3.05, 3.63) is 46.3 Å². The molecular formula is C15H17NO4. The standard InChI is InChI=1S/C15H17NO4/c1-15(2,9-17)16(3)13(18)11-8-10-6-4-5-7-12(10)20-14(11)19/h4-8,17H,9H2,1-3H3. The zero-order valence-electron chi connectivity index (χ0n) is 11.7. The van der Waals surface area contributed by atoms with Gasteiger partial charge in [-0.2, -0.15) is 0 Å². The number of hydrogen-bond acceptors (Lipinski definition) is 4. The summed E-state index contributed by atoms with van der Waals surface area (Å²) in [5, 5.41) is 9.99. The number of nitrogens with zero attached hydrogens (tertiary/aromatic N) is 1. The lowest BCUT2D eigenvalue weighted by atomic mass is 10.0. The molecule has 0 bridgehead atoms. The van der Waals surface area contributed by atoms with Gasteiger partial charge in [-0.1, -0.05) is 18.2 Å². The van der Waals surface area contributed by atoms with E-state index < -0.39 is 17.1 Å². The predicted octanol–water partition coefficient (Wildman–Crippen LogP) is 1.64. The van der Waals surface area contributed by atoms with Crippen LogP contribution < -0.4 is 5.63 Å². The number of hydrogen-bond donors (Lipinski definition) is 1. The van der Waals surface area contributed by atoms with E-state index in [0.29, 0.717) is 11.0 Å². The van der Waals surface area contributed by atoms with Gasteiger partial charge < -0.3 is 14.4 Å². The van der Waals surface area contributed by atoms with Crippen molar-refractivity contribution in [2.24, 2.45) is 0 Å². The zero-order valence-corrected chi connectivity index (χ0v) is 11.7. The van der Waals surface area contributed by atoms with Gasteiger partial charge in [-0.05, 0) is 26.0 Å². The topological polar surface area (TPSA) is 70.8 Å². The first-order chi connectivity index (χ1) is 9.36. The van der Waals surface area contributed by atoms with E-state index in [1.807, 2.05) is 0 Å². The molecule has 0 unspecified atom stereocenters. The molecule has 5 nitrogen and oxygen atoms in total. The molecule has 0 radical (unpaired) electrons. The molecule has 20 heavy (non-hydrogen) atoms. The van der Waals surface area contributed by atoms with Crippen molar-refractivity contribution in [2.75, 3.05) is 13.7 Å². The maximum atomic E-state index is 12.4. The van der Waals surface area contributed by atoms with Gasteiger partial charge >= 0.3 is 5.63 Å². The van der Waals surface area contributed by atoms with Crippen LogP contribution in [0.3, 0.4) is 0 Å². The molecule has 0 aliphatic rings. The van der Waals surface area contributed by atoms with Gasteiger partial charge in [0, 0.05) is 12.4 Å². The highest BCUT2D eigenvalue weighted by Crippen LogP contribution is 2.17. The van der Waals surface area contributed by atoms with Crippen LogP contribution in [0, 0.1) is 0 Å². The van der Waals surface area contributed by atoms with Gasteiger partial charge in [-0.25, -0.2) is 4.79 Å². The molecule has 0 atom stereocenters. The van der Waals surface area contributed by atoms with E-state index in [9.17, 15) is 14.7 Å². The Balaban J connectivity index is 2.50. The Morgan fingerprint density at radius 2 is 2.00 bits per heavy atom. The molecule has 1 aromatic heterocycles. The molecule has 106 valence electrons. The molecule has 0 saturated heterocycles. The third-order valence-electron chi connectivity index (χ3n) is 3.47. The highest BCUT2D eigenvalue weighted by atomic mass is 16.4. The minimum Gasteiger partial charge on any atom is -0.422 e. The van der Waals surface area contributed by atoms with Crippen molar-refractivity contribution >= 4 is 16.9 Å². The summed E-state index contributed by atoms with van der Waals surface area (Å²) in [6, 6.07) is 8.53. The summed E-state index contributed by atoms with van der Waals surface area (Å²) >= 11 is 0. The van der Waals surface area contributed by atoms with Crippen LogP contribution in [-0.4, -0.2) is 35.1 Å². The van der Waals surface area contributed by atoms with Gasteiger partial charge in [0.1, 0.15) is 11.1 Å². The van der Waals surface area contributed by atoms with Gasteiger partial charge in [0.2, 0.25) is 0 Å². The Labute approximate surface area is 116 Å². The average Bonchev–Trinajstić information content (AvgIpc) is 2.45. The monoisotopic (exact) mass is 275 g/mol. The number of carbonyl (C=O) groups excluding carboxylic acids is 1. The average molecular weight is 275 g/mol. The summed E-state index contributed by atoms with van der Waals surface area (Å²) in [4.78, 5) is 25.6. The van der Waals surface area contributed by atoms with E-state index in [4.69, 9.17) is 4.42 Å². The third kappa shape index (κ3) is 2.44. The molecule has 5 heteroatoms. The van der Waals surface area contributed by atoms with E-state index in [-0.39, 0.29) is 12.2 Å². The van der Waals surface area contributed by atoms with Crippen LogP contribution in [0.4, 0.5) is 0 Å². The zero-order chi connectivity index (χ0) is 14.9. The highest BCUT2D eigenvalue weighted by molar-refractivity contribution is 5.96. The number of likely N-dealkylation sites (N-methyl/N-ethyl adjacent to an activating group) is 1. The summed E-state index contributed by atoms with van der Waals surface area (Å²) in [6.45, 7) is 3.23. The number of carbonyl (C=O) groups is 1. The number of aliphatic hydroxyl groups is 1. The van der Waals surface area contributed by atoms with Gasteiger partial charge in [0.25, 0.3) is 5.91 Å². The minimum absolute atomic E-state index is 0.0345. The highest BCUT2D eigenvalue weighted by Gasteiger charge is 2.29. The van der Waals surface area contributed by atoms with Gasteiger partial charge in [-0.15, -0.1) is 0 Å². The quantitative estimate of drug-likeness (QED) is 0.864. The fourth-order valence-corrected chi connectivity index (χ4v) is 1.77. The van der Waals surface area contributed by atoms with Crippen LogP contribution in [0.1, 0.15) is 24.2 Å². The summed E-state index contributed by atoms with van der Waals surface area (Å²) < 4.78 is 5.14. The molecular weight excluding hydrogens is 258 g/mol. The van der Waals surface area contributed by atoms with E-state index in [0.717, 1.165) is 0 Å². The predicted molar refractivity (Wildman–Crippen MR) is 75.7 cm³/mol. The number of benzene rings is 1. The van der Waals surface area contributed by atoms with Crippen molar-refractivity contribution in [1.82, 2.24) is 4.90 Å². The Bertz CT molecular complexity index is 702. The first kappa shape index (κ1) is 14.3.